The molecule has 8 nitrogen and oxygen atoms in total. The Morgan fingerprint density at radius 1 is 1.47 bits per heavy atom. The van der Waals surface area contributed by atoms with Gasteiger partial charge in [0.15, 0.2) is 5.96 Å². The number of benzene rings is 1. The SMILES string of the molecule is NC(N)=Nc1ccc(CC(=O)O)c([N+](=O)[O-])c1. The normalized spacial score (nSPS) is 9.65. The van der Waals surface area contributed by atoms with Crippen molar-refractivity contribution < 1.29 is 14.8 Å². The number of nitrogens with zero attached hydrogens (tertiary/aromatic N) is 2. The van der Waals surface area contributed by atoms with E-state index in [1.165, 1.54) is 12.1 Å². The van der Waals surface area contributed by atoms with E-state index in [4.69, 9.17) is 16.6 Å². The minimum absolute atomic E-state index is 0.0945. The molecule has 0 aliphatic heterocycles. The summed E-state index contributed by atoms with van der Waals surface area (Å²) in [5.41, 5.74) is 10.2. The van der Waals surface area contributed by atoms with Crippen LogP contribution in [0.3, 0.4) is 0 Å². The Morgan fingerprint density at radius 2 is 2.12 bits per heavy atom. The molecule has 1 aromatic carbocycles. The highest BCUT2D eigenvalue weighted by molar-refractivity contribution is 5.79. The minimum atomic E-state index is -1.15. The largest absolute Gasteiger partial charge is 0.481 e. The van der Waals surface area contributed by atoms with Gasteiger partial charge in [0.05, 0.1) is 17.0 Å². The summed E-state index contributed by atoms with van der Waals surface area (Å²) in [5, 5.41) is 19.3. The molecule has 1 aromatic rings. The van der Waals surface area contributed by atoms with Crippen LogP contribution in [0.1, 0.15) is 5.56 Å². The summed E-state index contributed by atoms with van der Waals surface area (Å²) in [6.07, 6.45) is -0.432. The van der Waals surface area contributed by atoms with E-state index in [2.05, 4.69) is 4.99 Å². The third kappa shape index (κ3) is 3.45. The molecule has 0 bridgehead atoms. The standard InChI is InChI=1S/C9H10N4O4/c10-9(11)12-6-2-1-5(3-8(14)15)7(4-6)13(16)17/h1-2,4H,3H2,(H,14,15)(H4,10,11,12). The van der Waals surface area contributed by atoms with Crippen molar-refractivity contribution >= 4 is 23.3 Å². The number of rotatable bonds is 4. The van der Waals surface area contributed by atoms with Gasteiger partial charge in [-0.1, -0.05) is 0 Å². The molecule has 0 unspecified atom stereocenters. The predicted octanol–water partition coefficient (Wildman–Crippen LogP) is 0.127. The van der Waals surface area contributed by atoms with Gasteiger partial charge < -0.3 is 16.6 Å². The van der Waals surface area contributed by atoms with Gasteiger partial charge in [0.1, 0.15) is 0 Å². The van der Waals surface area contributed by atoms with Crippen LogP contribution in [0, 0.1) is 10.1 Å². The number of nitro benzene ring substituents is 1. The Bertz CT molecular complexity index is 494. The average molecular weight is 238 g/mol. The van der Waals surface area contributed by atoms with Gasteiger partial charge in [-0.25, -0.2) is 4.99 Å². The number of nitro groups is 1. The molecule has 0 aliphatic rings. The first-order valence-corrected chi connectivity index (χ1v) is 4.49. The molecule has 8 heteroatoms. The Morgan fingerprint density at radius 3 is 2.59 bits per heavy atom. The Kier molecular flexibility index (Phi) is 3.60. The summed E-state index contributed by atoms with van der Waals surface area (Å²) >= 11 is 0. The number of guanidine groups is 1. The predicted molar refractivity (Wildman–Crippen MR) is 59.9 cm³/mol. The maximum atomic E-state index is 10.7. The molecule has 0 radical (unpaired) electrons. The van der Waals surface area contributed by atoms with E-state index in [1.54, 1.807) is 0 Å². The molecule has 0 aliphatic carbocycles. The first kappa shape index (κ1) is 12.4. The first-order chi connectivity index (χ1) is 7.90. The number of nitrogens with two attached hydrogens (primary N) is 2. The van der Waals surface area contributed by atoms with Crippen LogP contribution in [-0.2, 0) is 11.2 Å². The molecule has 0 aromatic heterocycles. The third-order valence-electron chi connectivity index (χ3n) is 1.87. The highest BCUT2D eigenvalue weighted by Crippen LogP contribution is 2.25. The van der Waals surface area contributed by atoms with E-state index in [1.807, 2.05) is 0 Å². The van der Waals surface area contributed by atoms with Gasteiger partial charge in [-0.15, -0.1) is 0 Å². The van der Waals surface area contributed by atoms with Crippen molar-refractivity contribution in [3.8, 4) is 0 Å². The molecule has 5 N–H and O–H groups in total. The average Bonchev–Trinajstić information content (AvgIpc) is 2.18. The van der Waals surface area contributed by atoms with Gasteiger partial charge in [0.25, 0.3) is 5.69 Å². The maximum absolute atomic E-state index is 10.7. The Hall–Kier alpha value is -2.64. The lowest BCUT2D eigenvalue weighted by molar-refractivity contribution is -0.385. The van der Waals surface area contributed by atoms with Gasteiger partial charge in [-0.2, -0.15) is 0 Å². The highest BCUT2D eigenvalue weighted by atomic mass is 16.6. The van der Waals surface area contributed by atoms with Crippen LogP contribution in [-0.4, -0.2) is 22.0 Å². The number of carboxylic acids is 1. The monoisotopic (exact) mass is 238 g/mol. The van der Waals surface area contributed by atoms with E-state index in [0.29, 0.717) is 0 Å². The lowest BCUT2D eigenvalue weighted by Gasteiger charge is -2.01. The number of hydrogen-bond acceptors (Lipinski definition) is 4. The van der Waals surface area contributed by atoms with Crippen molar-refractivity contribution in [3.05, 3.63) is 33.9 Å². The van der Waals surface area contributed by atoms with Gasteiger partial charge in [0, 0.05) is 11.6 Å². The fraction of sp³-hybridized carbons (Fsp3) is 0.111. The zero-order chi connectivity index (χ0) is 13.0. The molecular formula is C9H10N4O4. The third-order valence-corrected chi connectivity index (χ3v) is 1.87. The molecule has 1 rings (SSSR count). The quantitative estimate of drug-likeness (QED) is 0.294. The van der Waals surface area contributed by atoms with Gasteiger partial charge in [0.2, 0.25) is 0 Å². The second-order valence-corrected chi connectivity index (χ2v) is 3.18. The molecule has 0 amide bonds. The second kappa shape index (κ2) is 4.92. The number of aliphatic carboxylic acids is 1. The molecule has 0 heterocycles. The van der Waals surface area contributed by atoms with Crippen molar-refractivity contribution in [1.29, 1.82) is 0 Å². The summed E-state index contributed by atoms with van der Waals surface area (Å²) in [5.74, 6) is -1.38. The van der Waals surface area contributed by atoms with Gasteiger partial charge in [-0.3, -0.25) is 14.9 Å². The lowest BCUT2D eigenvalue weighted by atomic mass is 10.1. The molecule has 0 saturated carbocycles. The highest BCUT2D eigenvalue weighted by Gasteiger charge is 2.16. The van der Waals surface area contributed by atoms with Crippen LogP contribution < -0.4 is 11.5 Å². The molecule has 0 spiro atoms. The number of hydrogen-bond donors (Lipinski definition) is 3. The summed E-state index contributed by atoms with van der Waals surface area (Å²) in [4.78, 5) is 24.2. The van der Waals surface area contributed by atoms with Crippen molar-refractivity contribution in [3.63, 3.8) is 0 Å². The lowest BCUT2D eigenvalue weighted by Crippen LogP contribution is -2.21. The summed E-state index contributed by atoms with van der Waals surface area (Å²) in [7, 11) is 0. The van der Waals surface area contributed by atoms with Gasteiger partial charge in [-0.05, 0) is 12.1 Å². The summed E-state index contributed by atoms with van der Waals surface area (Å²) in [6, 6.07) is 3.84. The maximum Gasteiger partial charge on any atom is 0.308 e. The molecule has 0 fully saturated rings. The van der Waals surface area contributed by atoms with Crippen LogP contribution in [0.5, 0.6) is 0 Å². The minimum Gasteiger partial charge on any atom is -0.481 e. The summed E-state index contributed by atoms with van der Waals surface area (Å²) < 4.78 is 0. The van der Waals surface area contributed by atoms with E-state index in [0.717, 1.165) is 6.07 Å². The fourth-order valence-electron chi connectivity index (χ4n) is 1.25. The fourth-order valence-corrected chi connectivity index (χ4v) is 1.25. The Balaban J connectivity index is 3.22. The van der Waals surface area contributed by atoms with Crippen LogP contribution >= 0.6 is 0 Å². The number of carboxylic acid groups (broad SMARTS) is 1. The van der Waals surface area contributed by atoms with E-state index in [9.17, 15) is 14.9 Å². The van der Waals surface area contributed by atoms with Gasteiger partial charge >= 0.3 is 5.97 Å². The van der Waals surface area contributed by atoms with E-state index in [-0.39, 0.29) is 22.9 Å². The summed E-state index contributed by atoms with van der Waals surface area (Å²) in [6.45, 7) is 0. The topological polar surface area (TPSA) is 145 Å². The number of aliphatic imine (C=N–C) groups is 1. The smallest absolute Gasteiger partial charge is 0.308 e. The zero-order valence-corrected chi connectivity index (χ0v) is 8.66. The van der Waals surface area contributed by atoms with E-state index < -0.39 is 17.3 Å². The van der Waals surface area contributed by atoms with Crippen molar-refractivity contribution in [2.24, 2.45) is 16.5 Å². The molecule has 0 saturated heterocycles. The zero-order valence-electron chi connectivity index (χ0n) is 8.66. The molecule has 17 heavy (non-hydrogen) atoms. The van der Waals surface area contributed by atoms with Crippen LogP contribution in [0.25, 0.3) is 0 Å². The van der Waals surface area contributed by atoms with Crippen molar-refractivity contribution in [2.75, 3.05) is 0 Å². The Labute approximate surface area is 95.7 Å². The van der Waals surface area contributed by atoms with Crippen molar-refractivity contribution in [2.45, 2.75) is 6.42 Å². The van der Waals surface area contributed by atoms with Crippen molar-refractivity contribution in [1.82, 2.24) is 0 Å². The van der Waals surface area contributed by atoms with Crippen LogP contribution in [0.4, 0.5) is 11.4 Å². The number of carbonyl (C=O) groups is 1. The molecule has 0 atom stereocenters. The molecule has 90 valence electrons. The first-order valence-electron chi connectivity index (χ1n) is 4.49. The van der Waals surface area contributed by atoms with E-state index >= 15 is 0 Å². The second-order valence-electron chi connectivity index (χ2n) is 3.18. The van der Waals surface area contributed by atoms with Crippen LogP contribution in [0.2, 0.25) is 0 Å². The van der Waals surface area contributed by atoms with Crippen LogP contribution in [0.15, 0.2) is 23.2 Å². The molecular weight excluding hydrogens is 228 g/mol.